The van der Waals surface area contributed by atoms with Crippen molar-refractivity contribution in [1.82, 2.24) is 19.5 Å². The Labute approximate surface area is 271 Å². The molecular formula is C10H21N5Na3O15P3. The number of imidazole rings is 1. The summed E-state index contributed by atoms with van der Waals surface area (Å²) in [5.41, 5.74) is 4.50. The summed E-state index contributed by atoms with van der Waals surface area (Å²) in [6.07, 6.45) is -5.33. The first-order chi connectivity index (χ1) is 14.6. The van der Waals surface area contributed by atoms with Crippen molar-refractivity contribution < 1.29 is 160 Å². The number of aliphatic hydroxyl groups is 2. The first-order valence-electron chi connectivity index (χ1n) is 8.11. The van der Waals surface area contributed by atoms with Crippen molar-refractivity contribution in [2.24, 2.45) is 0 Å². The van der Waals surface area contributed by atoms with Gasteiger partial charge in [0.2, 0.25) is 5.95 Å². The molecule has 1 aliphatic heterocycles. The fourth-order valence-corrected chi connectivity index (χ4v) is 5.73. The van der Waals surface area contributed by atoms with Gasteiger partial charge >= 0.3 is 112 Å². The Morgan fingerprint density at radius 1 is 1.08 bits per heavy atom. The number of phosphoric ester groups is 1. The monoisotopic (exact) mass is 613 g/mol. The number of nitrogens with one attached hydrogen (secondary N) is 1. The molecule has 194 valence electrons. The SMILES string of the molecule is Nc1nc2c(ncn2[C@@H]2O[C@H](COP(=O)(O)OP(=O)(O)OP(=O)(O)O)[C@@H](O)[C@H]2O)c(=O)[nH]1.O.[H-].[H-].[H-].[Na+].[Na+].[Na+]. The van der Waals surface area contributed by atoms with Gasteiger partial charge in [0.05, 0.1) is 12.9 Å². The number of aromatic amines is 1. The van der Waals surface area contributed by atoms with Gasteiger partial charge in [0.25, 0.3) is 5.56 Å². The second-order valence-corrected chi connectivity index (χ2v) is 10.6. The molecule has 11 N–H and O–H groups in total. The van der Waals surface area contributed by atoms with Crippen LogP contribution in [0, 0.1) is 0 Å². The molecule has 26 heteroatoms. The van der Waals surface area contributed by atoms with Gasteiger partial charge in [-0.3, -0.25) is 18.9 Å². The second kappa shape index (κ2) is 14.9. The van der Waals surface area contributed by atoms with Gasteiger partial charge in [-0.15, -0.1) is 0 Å². The number of nitrogen functional groups attached to an aromatic ring is 1. The second-order valence-electron chi connectivity index (χ2n) is 6.21. The molecule has 2 unspecified atom stereocenters. The van der Waals surface area contributed by atoms with Crippen LogP contribution in [0.2, 0.25) is 0 Å². The van der Waals surface area contributed by atoms with E-state index in [4.69, 9.17) is 25.2 Å². The number of aliphatic hydroxyl groups excluding tert-OH is 2. The molecule has 0 amide bonds. The molecule has 1 fully saturated rings. The van der Waals surface area contributed by atoms with Crippen molar-refractivity contribution in [2.75, 3.05) is 12.3 Å². The fourth-order valence-electron chi connectivity index (χ4n) is 2.70. The van der Waals surface area contributed by atoms with E-state index in [0.29, 0.717) is 0 Å². The normalized spacial score (nSPS) is 24.8. The number of rotatable bonds is 8. The Bertz CT molecular complexity index is 1240. The van der Waals surface area contributed by atoms with E-state index in [1.807, 2.05) is 0 Å². The molecule has 3 heterocycles. The van der Waals surface area contributed by atoms with E-state index in [0.717, 1.165) is 10.9 Å². The Kier molecular flexibility index (Phi) is 16.3. The number of nitrogens with zero attached hydrogens (tertiary/aromatic N) is 3. The molecule has 0 bridgehead atoms. The quantitative estimate of drug-likeness (QED) is 0.101. The molecule has 0 radical (unpaired) electrons. The number of phosphoric acid groups is 3. The molecule has 0 aromatic carbocycles. The van der Waals surface area contributed by atoms with E-state index in [9.17, 15) is 33.6 Å². The van der Waals surface area contributed by atoms with Gasteiger partial charge in [0.1, 0.15) is 18.3 Å². The molecule has 36 heavy (non-hydrogen) atoms. The van der Waals surface area contributed by atoms with Crippen molar-refractivity contribution in [3.63, 3.8) is 0 Å². The molecule has 2 aromatic heterocycles. The van der Waals surface area contributed by atoms with Crippen LogP contribution in [-0.2, 0) is 31.6 Å². The third kappa shape index (κ3) is 10.1. The van der Waals surface area contributed by atoms with Crippen LogP contribution in [0.3, 0.4) is 0 Å². The fraction of sp³-hybridized carbons (Fsp3) is 0.500. The van der Waals surface area contributed by atoms with E-state index in [1.54, 1.807) is 0 Å². The largest absolute Gasteiger partial charge is 1.00 e. The van der Waals surface area contributed by atoms with Gasteiger partial charge in [0, 0.05) is 0 Å². The number of H-pyrrole nitrogens is 1. The maximum atomic E-state index is 11.9. The minimum absolute atomic E-state index is 0. The smallest absolute Gasteiger partial charge is 1.00 e. The van der Waals surface area contributed by atoms with Gasteiger partial charge < -0.3 is 50.0 Å². The molecular weight excluding hydrogens is 592 g/mol. The summed E-state index contributed by atoms with van der Waals surface area (Å²) >= 11 is 0. The molecule has 6 atom stereocenters. The van der Waals surface area contributed by atoms with Crippen molar-refractivity contribution in [1.29, 1.82) is 0 Å². The van der Waals surface area contributed by atoms with E-state index < -0.39 is 60.2 Å². The molecule has 1 saturated heterocycles. The predicted octanol–water partition coefficient (Wildman–Crippen LogP) is -11.8. The maximum Gasteiger partial charge on any atom is 1.00 e. The summed E-state index contributed by atoms with van der Waals surface area (Å²) in [7, 11) is -16.8. The third-order valence-corrected chi connectivity index (χ3v) is 7.68. The number of hydrogen-bond donors (Lipinski definition) is 8. The molecule has 3 rings (SSSR count). The van der Waals surface area contributed by atoms with Crippen molar-refractivity contribution in [2.45, 2.75) is 24.5 Å². The topological polar surface area (TPSA) is 331 Å². The number of nitrogens with two attached hydrogens (primary N) is 1. The van der Waals surface area contributed by atoms with Crippen LogP contribution in [-0.4, -0.2) is 79.7 Å². The van der Waals surface area contributed by atoms with Gasteiger partial charge in [-0.05, 0) is 0 Å². The van der Waals surface area contributed by atoms with Crippen LogP contribution in [0.25, 0.3) is 11.2 Å². The van der Waals surface area contributed by atoms with Crippen LogP contribution in [0.15, 0.2) is 11.1 Å². The van der Waals surface area contributed by atoms with Gasteiger partial charge in [-0.2, -0.15) is 13.6 Å². The number of anilines is 1. The molecule has 0 saturated carbocycles. The number of hydrogen-bond acceptors (Lipinski definition) is 13. The Morgan fingerprint density at radius 3 is 2.22 bits per heavy atom. The van der Waals surface area contributed by atoms with Crippen molar-refractivity contribution in [3.05, 3.63) is 16.7 Å². The van der Waals surface area contributed by atoms with E-state index in [1.165, 1.54) is 0 Å². The standard InChI is InChI=1S/C10H16N5O14P3.3Na.H2O.3H/c11-10-13-7-4(8(18)14-10)12-2-15(7)9-6(17)5(16)3(27-9)1-26-31(22,23)29-32(24,25)28-30(19,20)21;;;;;;;/h2-3,5-6,9,16-17H,1H2,(H,22,23)(H,24,25)(H2,19,20,21)(H3,11,13,14,18);;;;1H2;;;/q;3*+1;;3*-1/t3-,5-,6-,9-;;;;;;;/m1......./s1. The zero-order valence-electron chi connectivity index (χ0n) is 21.8. The predicted molar refractivity (Wildman–Crippen MR) is 105 cm³/mol. The van der Waals surface area contributed by atoms with Crippen LogP contribution < -0.4 is 100.0 Å². The minimum Gasteiger partial charge on any atom is -1.00 e. The third-order valence-electron chi connectivity index (χ3n) is 3.88. The van der Waals surface area contributed by atoms with Crippen molar-refractivity contribution >= 4 is 40.6 Å². The zero-order valence-corrected chi connectivity index (χ0v) is 27.5. The summed E-state index contributed by atoms with van der Waals surface area (Å²) in [6, 6.07) is 0. The first-order valence-corrected chi connectivity index (χ1v) is 12.6. The summed E-state index contributed by atoms with van der Waals surface area (Å²) in [4.78, 5) is 57.3. The van der Waals surface area contributed by atoms with Gasteiger partial charge in [0.15, 0.2) is 17.4 Å². The van der Waals surface area contributed by atoms with Crippen LogP contribution in [0.5, 0.6) is 0 Å². The zero-order chi connectivity index (χ0) is 24.1. The summed E-state index contributed by atoms with van der Waals surface area (Å²) in [5.74, 6) is -0.276. The number of ether oxygens (including phenoxy) is 1. The molecule has 0 spiro atoms. The Hall–Kier alpha value is 1.40. The molecule has 1 aliphatic rings. The molecule has 20 nitrogen and oxygen atoms in total. The van der Waals surface area contributed by atoms with E-state index in [2.05, 4.69) is 28.1 Å². The molecule has 0 aliphatic carbocycles. The van der Waals surface area contributed by atoms with Crippen LogP contribution >= 0.6 is 23.5 Å². The van der Waals surface area contributed by atoms with E-state index >= 15 is 0 Å². The van der Waals surface area contributed by atoms with Crippen LogP contribution in [0.4, 0.5) is 5.95 Å². The van der Waals surface area contributed by atoms with Gasteiger partial charge in [-0.1, -0.05) is 0 Å². The van der Waals surface area contributed by atoms with Gasteiger partial charge in [-0.25, -0.2) is 18.7 Å². The van der Waals surface area contributed by atoms with Crippen LogP contribution in [0.1, 0.15) is 10.5 Å². The first kappa shape index (κ1) is 39.5. The molecule has 2 aromatic rings. The maximum absolute atomic E-state index is 11.9. The Balaban J connectivity index is -0.000000550. The minimum atomic E-state index is -5.73. The van der Waals surface area contributed by atoms with E-state index in [-0.39, 0.29) is 116 Å². The summed E-state index contributed by atoms with van der Waals surface area (Å²) in [6.45, 7) is -1.01. The number of aromatic nitrogens is 4. The summed E-state index contributed by atoms with van der Waals surface area (Å²) < 4.78 is 51.6. The average Bonchev–Trinajstić information content (AvgIpc) is 3.12. The summed E-state index contributed by atoms with van der Waals surface area (Å²) in [5, 5.41) is 20.4. The van der Waals surface area contributed by atoms with Crippen molar-refractivity contribution in [3.8, 4) is 0 Å². The number of fused-ring (bicyclic) bond motifs is 1. The average molecular weight is 613 g/mol. The Morgan fingerprint density at radius 2 is 1.67 bits per heavy atom.